The first-order valence-electron chi connectivity index (χ1n) is 14.6. The van der Waals surface area contributed by atoms with Crippen LogP contribution in [0.3, 0.4) is 0 Å². The highest BCUT2D eigenvalue weighted by Crippen LogP contribution is 2.33. The Kier molecular flexibility index (Phi) is 8.76. The minimum Gasteiger partial charge on any atom is -0.497 e. The molecule has 0 spiro atoms. The van der Waals surface area contributed by atoms with Crippen LogP contribution in [0.2, 0.25) is 0 Å². The fourth-order valence-corrected chi connectivity index (χ4v) is 5.63. The topological polar surface area (TPSA) is 176 Å². The largest absolute Gasteiger partial charge is 0.497 e. The van der Waals surface area contributed by atoms with Crippen LogP contribution >= 0.6 is 0 Å². The van der Waals surface area contributed by atoms with E-state index in [1.165, 1.54) is 26.9 Å². The van der Waals surface area contributed by atoms with Crippen molar-refractivity contribution in [3.05, 3.63) is 108 Å². The zero-order valence-corrected chi connectivity index (χ0v) is 25.1. The van der Waals surface area contributed by atoms with Crippen LogP contribution in [0.5, 0.6) is 11.5 Å². The van der Waals surface area contributed by atoms with Crippen LogP contribution in [-0.2, 0) is 9.53 Å². The lowest BCUT2D eigenvalue weighted by molar-refractivity contribution is -0.122. The Morgan fingerprint density at radius 2 is 1.59 bits per heavy atom. The molecule has 2 unspecified atom stereocenters. The lowest BCUT2D eigenvalue weighted by atomic mass is 9.90. The Labute approximate surface area is 264 Å². The summed E-state index contributed by atoms with van der Waals surface area (Å²) in [5, 5.41) is 17.5. The van der Waals surface area contributed by atoms with Crippen molar-refractivity contribution >= 4 is 28.8 Å². The molecule has 3 aromatic carbocycles. The summed E-state index contributed by atoms with van der Waals surface area (Å²) in [5.41, 5.74) is 8.59. The van der Waals surface area contributed by atoms with Crippen LogP contribution in [0.15, 0.2) is 91.5 Å². The molecule has 0 bridgehead atoms. The molecule has 5 aromatic rings. The van der Waals surface area contributed by atoms with Gasteiger partial charge in [-0.15, -0.1) is 0 Å². The number of nitrogens with one attached hydrogen (secondary N) is 2. The van der Waals surface area contributed by atoms with E-state index in [0.29, 0.717) is 22.7 Å². The van der Waals surface area contributed by atoms with Crippen LogP contribution in [-0.4, -0.2) is 75.5 Å². The quantitative estimate of drug-likeness (QED) is 0.181. The van der Waals surface area contributed by atoms with E-state index >= 15 is 0 Å². The molecule has 2 aromatic heterocycles. The maximum absolute atomic E-state index is 13.7. The van der Waals surface area contributed by atoms with Crippen molar-refractivity contribution < 1.29 is 28.9 Å². The van der Waals surface area contributed by atoms with Crippen molar-refractivity contribution in [2.24, 2.45) is 0 Å². The molecule has 1 aliphatic rings. The Bertz CT molecular complexity index is 1770. The summed E-state index contributed by atoms with van der Waals surface area (Å²) >= 11 is 0. The molecule has 236 valence electrons. The van der Waals surface area contributed by atoms with Crippen LogP contribution in [0.1, 0.15) is 33.6 Å². The summed E-state index contributed by atoms with van der Waals surface area (Å²) in [6, 6.07) is 22.6. The van der Waals surface area contributed by atoms with Gasteiger partial charge in [0.25, 0.3) is 5.91 Å². The molecule has 4 atom stereocenters. The third kappa shape index (κ3) is 6.05. The summed E-state index contributed by atoms with van der Waals surface area (Å²) in [6.07, 6.45) is -0.370. The van der Waals surface area contributed by atoms with E-state index in [0.717, 1.165) is 11.1 Å². The van der Waals surface area contributed by atoms with Gasteiger partial charge < -0.3 is 35.7 Å². The number of rotatable bonds is 10. The zero-order chi connectivity index (χ0) is 32.2. The molecule has 13 heteroatoms. The predicted octanol–water partition coefficient (Wildman–Crippen LogP) is 2.43. The van der Waals surface area contributed by atoms with E-state index in [2.05, 4.69) is 25.6 Å². The number of hydrogen-bond acceptors (Lipinski definition) is 10. The van der Waals surface area contributed by atoms with Gasteiger partial charge in [-0.2, -0.15) is 0 Å². The molecule has 5 N–H and O–H groups in total. The number of nitrogens with two attached hydrogens (primary N) is 1. The predicted molar refractivity (Wildman–Crippen MR) is 168 cm³/mol. The lowest BCUT2D eigenvalue weighted by Gasteiger charge is -2.23. The van der Waals surface area contributed by atoms with Gasteiger partial charge >= 0.3 is 0 Å². The number of amides is 2. The second-order valence-corrected chi connectivity index (χ2v) is 10.7. The average Bonchev–Trinajstić information content (AvgIpc) is 3.65. The first-order chi connectivity index (χ1) is 22.4. The van der Waals surface area contributed by atoms with Crippen LogP contribution in [0, 0.1) is 0 Å². The van der Waals surface area contributed by atoms with Gasteiger partial charge in [0.1, 0.15) is 41.6 Å². The van der Waals surface area contributed by atoms with E-state index in [-0.39, 0.29) is 23.8 Å². The Morgan fingerprint density at radius 1 is 0.957 bits per heavy atom. The summed E-state index contributed by atoms with van der Waals surface area (Å²) < 4.78 is 18.6. The average molecular weight is 624 g/mol. The smallest absolute Gasteiger partial charge is 0.252 e. The number of aliphatic hydroxyl groups excluding tert-OH is 1. The van der Waals surface area contributed by atoms with Gasteiger partial charge in [0.2, 0.25) is 5.91 Å². The maximum atomic E-state index is 13.7. The van der Waals surface area contributed by atoms with Gasteiger partial charge in [-0.25, -0.2) is 15.0 Å². The number of nitrogens with zero attached hydrogens (tertiary/aromatic N) is 4. The number of methoxy groups -OCH3 is 2. The maximum Gasteiger partial charge on any atom is 0.252 e. The second-order valence-electron chi connectivity index (χ2n) is 10.7. The minimum absolute atomic E-state index is 0.0459. The van der Waals surface area contributed by atoms with Crippen molar-refractivity contribution in [2.75, 3.05) is 26.5 Å². The second kappa shape index (κ2) is 13.2. The number of carbonyl (C=O) groups excluding carboxylic acids is 2. The number of aliphatic hydroxyl groups is 1. The number of fused-ring (bicyclic) bond motifs is 1. The van der Waals surface area contributed by atoms with Gasteiger partial charge in [-0.05, 0) is 23.3 Å². The number of imidazole rings is 1. The Balaban J connectivity index is 1.28. The molecule has 6 rings (SSSR count). The number of aromatic nitrogens is 4. The van der Waals surface area contributed by atoms with Gasteiger partial charge in [-0.1, -0.05) is 60.7 Å². The lowest BCUT2D eigenvalue weighted by Crippen LogP contribution is -2.48. The summed E-state index contributed by atoms with van der Waals surface area (Å²) in [5.74, 6) is -0.357. The van der Waals surface area contributed by atoms with E-state index in [1.807, 2.05) is 60.7 Å². The SMILES string of the molecule is COc1cc(OC)cc(C(=O)NC2C(O)[C@@H](CNC(=O)C(c3ccccc3)c3ccccc3)O[C@H]2n2cnc3c(N)ncnc32)c1. The number of carbonyl (C=O) groups is 2. The molecule has 46 heavy (non-hydrogen) atoms. The highest BCUT2D eigenvalue weighted by Gasteiger charge is 2.46. The molecule has 0 radical (unpaired) electrons. The van der Waals surface area contributed by atoms with E-state index < -0.39 is 36.3 Å². The fourth-order valence-electron chi connectivity index (χ4n) is 5.63. The van der Waals surface area contributed by atoms with Gasteiger partial charge in [-0.3, -0.25) is 14.2 Å². The first kappa shape index (κ1) is 30.5. The van der Waals surface area contributed by atoms with Crippen LogP contribution < -0.4 is 25.8 Å². The highest BCUT2D eigenvalue weighted by atomic mass is 16.5. The van der Waals surface area contributed by atoms with Gasteiger partial charge in [0, 0.05) is 18.2 Å². The van der Waals surface area contributed by atoms with E-state index in [1.54, 1.807) is 22.8 Å². The fraction of sp³-hybridized carbons (Fsp3) is 0.242. The molecule has 1 aliphatic heterocycles. The molecule has 1 saturated heterocycles. The van der Waals surface area contributed by atoms with Crippen LogP contribution in [0.4, 0.5) is 5.82 Å². The molecule has 0 aliphatic carbocycles. The van der Waals surface area contributed by atoms with Crippen molar-refractivity contribution in [3.63, 3.8) is 0 Å². The molecule has 3 heterocycles. The standard InChI is InChI=1S/C33H33N7O6/c1-44-22-13-21(14-23(15-22)45-2)31(42)39-26-28(41)24(46-33(26)40-18-38-27-29(34)36-17-37-30(27)40)16-35-32(43)25(19-9-5-3-6-10-19)20-11-7-4-8-12-20/h3-15,17-18,24-26,28,33,41H,16H2,1-2H3,(H,35,43)(H,39,42)(H2,34,36,37)/t24-,26?,28?,33-/m1/s1. The summed E-state index contributed by atoms with van der Waals surface area (Å²) in [7, 11) is 2.97. The number of nitrogen functional groups attached to an aromatic ring is 1. The third-order valence-electron chi connectivity index (χ3n) is 7.95. The third-order valence-corrected chi connectivity index (χ3v) is 7.95. The van der Waals surface area contributed by atoms with Gasteiger partial charge in [0.15, 0.2) is 17.7 Å². The molecule has 13 nitrogen and oxygen atoms in total. The van der Waals surface area contributed by atoms with Crippen molar-refractivity contribution in [1.29, 1.82) is 0 Å². The Morgan fingerprint density at radius 3 is 2.20 bits per heavy atom. The van der Waals surface area contributed by atoms with Gasteiger partial charge in [0.05, 0.1) is 26.5 Å². The van der Waals surface area contributed by atoms with Crippen molar-refractivity contribution in [3.8, 4) is 11.5 Å². The number of ether oxygens (including phenoxy) is 3. The molecule has 0 saturated carbocycles. The number of anilines is 1. The Hall–Kier alpha value is -5.53. The number of hydrogen-bond donors (Lipinski definition) is 4. The minimum atomic E-state index is -1.25. The molecular weight excluding hydrogens is 590 g/mol. The van der Waals surface area contributed by atoms with Crippen molar-refractivity contribution in [2.45, 2.75) is 30.4 Å². The summed E-state index contributed by atoms with van der Waals surface area (Å²) in [6.45, 7) is -0.0459. The normalized spacial score (nSPS) is 19.2. The van der Waals surface area contributed by atoms with E-state index in [9.17, 15) is 14.7 Å². The molecule has 2 amide bonds. The molecular formula is C33H33N7O6. The van der Waals surface area contributed by atoms with E-state index in [4.69, 9.17) is 19.9 Å². The van der Waals surface area contributed by atoms with Crippen LogP contribution in [0.25, 0.3) is 11.2 Å². The first-order valence-corrected chi connectivity index (χ1v) is 14.6. The number of benzene rings is 3. The summed E-state index contributed by atoms with van der Waals surface area (Å²) in [4.78, 5) is 39.9. The zero-order valence-electron chi connectivity index (χ0n) is 25.1. The molecule has 1 fully saturated rings. The van der Waals surface area contributed by atoms with Crippen molar-refractivity contribution in [1.82, 2.24) is 30.2 Å². The highest BCUT2D eigenvalue weighted by molar-refractivity contribution is 5.95. The monoisotopic (exact) mass is 623 g/mol.